The summed E-state index contributed by atoms with van der Waals surface area (Å²) < 4.78 is 23.7. The van der Waals surface area contributed by atoms with E-state index in [9.17, 15) is 9.18 Å². The second-order valence-corrected chi connectivity index (χ2v) is 5.44. The van der Waals surface area contributed by atoms with Crippen LogP contribution in [0.1, 0.15) is 29.3 Å². The first-order valence-corrected chi connectivity index (χ1v) is 7.46. The zero-order chi connectivity index (χ0) is 17.1. The van der Waals surface area contributed by atoms with E-state index in [0.29, 0.717) is 16.1 Å². The van der Waals surface area contributed by atoms with Gasteiger partial charge < -0.3 is 9.15 Å². The van der Waals surface area contributed by atoms with Crippen LogP contribution in [0.2, 0.25) is 5.02 Å². The average Bonchev–Trinajstić information content (AvgIpc) is 3.06. The molecule has 0 unspecified atom stereocenters. The van der Waals surface area contributed by atoms with Crippen molar-refractivity contribution in [1.82, 2.24) is 10.2 Å². The lowest BCUT2D eigenvalue weighted by atomic mass is 10.2. The summed E-state index contributed by atoms with van der Waals surface area (Å²) in [5.41, 5.74) is 0.941. The zero-order valence-electron chi connectivity index (χ0n) is 12.6. The van der Waals surface area contributed by atoms with E-state index >= 15 is 0 Å². The van der Waals surface area contributed by atoms with Crippen molar-refractivity contribution in [2.24, 2.45) is 0 Å². The molecule has 0 aliphatic rings. The third-order valence-corrected chi connectivity index (χ3v) is 3.50. The number of hydrogen-bond donors (Lipinski definition) is 0. The van der Waals surface area contributed by atoms with Crippen molar-refractivity contribution in [1.29, 1.82) is 0 Å². The number of carbonyl (C=O) groups excluding carboxylic acids is 1. The third kappa shape index (κ3) is 3.60. The highest BCUT2D eigenvalue weighted by atomic mass is 35.5. The number of rotatable bonds is 4. The predicted octanol–water partition coefficient (Wildman–Crippen LogP) is 4.45. The Morgan fingerprint density at radius 3 is 2.46 bits per heavy atom. The van der Waals surface area contributed by atoms with Crippen LogP contribution in [0.3, 0.4) is 0 Å². The fraction of sp³-hybridized carbons (Fsp3) is 0.118. The summed E-state index contributed by atoms with van der Waals surface area (Å²) in [7, 11) is 0. The monoisotopic (exact) mass is 346 g/mol. The molecule has 2 aromatic carbocycles. The maximum atomic E-state index is 12.9. The summed E-state index contributed by atoms with van der Waals surface area (Å²) in [4.78, 5) is 12.1. The van der Waals surface area contributed by atoms with E-state index in [4.69, 9.17) is 20.8 Å². The molecule has 0 amide bonds. The van der Waals surface area contributed by atoms with Gasteiger partial charge in [0.15, 0.2) is 6.10 Å². The van der Waals surface area contributed by atoms with Crippen LogP contribution in [0, 0.1) is 5.82 Å². The molecule has 0 fully saturated rings. The number of esters is 1. The first-order chi connectivity index (χ1) is 11.5. The Morgan fingerprint density at radius 2 is 1.79 bits per heavy atom. The third-order valence-electron chi connectivity index (χ3n) is 3.24. The fourth-order valence-corrected chi connectivity index (χ4v) is 2.10. The van der Waals surface area contributed by atoms with Gasteiger partial charge in [-0.2, -0.15) is 0 Å². The highest BCUT2D eigenvalue weighted by Gasteiger charge is 2.20. The van der Waals surface area contributed by atoms with Crippen LogP contribution in [-0.2, 0) is 4.74 Å². The summed E-state index contributed by atoms with van der Waals surface area (Å²) in [6.07, 6.45) is -0.727. The van der Waals surface area contributed by atoms with Gasteiger partial charge in [0.05, 0.1) is 5.56 Å². The van der Waals surface area contributed by atoms with E-state index in [1.54, 1.807) is 31.2 Å². The molecule has 0 bridgehead atoms. The highest BCUT2D eigenvalue weighted by molar-refractivity contribution is 6.30. The first-order valence-electron chi connectivity index (χ1n) is 7.09. The molecule has 1 aromatic heterocycles. The molecular formula is C17H12ClFN2O3. The summed E-state index contributed by atoms with van der Waals surface area (Å²) in [6.45, 7) is 1.62. The van der Waals surface area contributed by atoms with E-state index in [0.717, 1.165) is 0 Å². The van der Waals surface area contributed by atoms with Crippen LogP contribution >= 0.6 is 11.6 Å². The zero-order valence-corrected chi connectivity index (χ0v) is 13.3. The van der Waals surface area contributed by atoms with E-state index in [-0.39, 0.29) is 17.6 Å². The van der Waals surface area contributed by atoms with Crippen molar-refractivity contribution in [2.75, 3.05) is 0 Å². The number of hydrogen-bond acceptors (Lipinski definition) is 5. The number of benzene rings is 2. The Morgan fingerprint density at radius 1 is 1.12 bits per heavy atom. The predicted molar refractivity (Wildman–Crippen MR) is 85.0 cm³/mol. The van der Waals surface area contributed by atoms with Crippen LogP contribution in [0.5, 0.6) is 0 Å². The SMILES string of the molecule is C[C@H](OC(=O)c1ccc(Cl)cc1)c1nnc(-c2ccc(F)cc2)o1. The molecule has 0 radical (unpaired) electrons. The van der Waals surface area contributed by atoms with Gasteiger partial charge >= 0.3 is 5.97 Å². The topological polar surface area (TPSA) is 65.2 Å². The van der Waals surface area contributed by atoms with Gasteiger partial charge in [-0.05, 0) is 55.5 Å². The summed E-state index contributed by atoms with van der Waals surface area (Å²) in [5.74, 6) is -0.513. The quantitative estimate of drug-likeness (QED) is 0.653. The number of halogens is 2. The molecule has 1 atom stereocenters. The van der Waals surface area contributed by atoms with E-state index in [2.05, 4.69) is 10.2 Å². The number of nitrogens with zero attached hydrogens (tertiary/aromatic N) is 2. The molecule has 0 saturated carbocycles. The van der Waals surface area contributed by atoms with Crippen LogP contribution in [-0.4, -0.2) is 16.2 Å². The van der Waals surface area contributed by atoms with Gasteiger partial charge in [0.1, 0.15) is 5.82 Å². The van der Waals surface area contributed by atoms with Gasteiger partial charge in [0.25, 0.3) is 5.89 Å². The summed E-state index contributed by atoms with van der Waals surface area (Å²) in [6, 6.07) is 12.0. The second-order valence-electron chi connectivity index (χ2n) is 5.01. The molecule has 0 spiro atoms. The maximum absolute atomic E-state index is 12.9. The normalized spacial score (nSPS) is 12.0. The molecular weight excluding hydrogens is 335 g/mol. The molecule has 1 heterocycles. The van der Waals surface area contributed by atoms with Gasteiger partial charge in [0, 0.05) is 10.6 Å². The Labute approximate surface area is 142 Å². The molecule has 3 rings (SSSR count). The molecule has 24 heavy (non-hydrogen) atoms. The Bertz CT molecular complexity index is 847. The van der Waals surface area contributed by atoms with Gasteiger partial charge in [-0.15, -0.1) is 10.2 Å². The second kappa shape index (κ2) is 6.80. The van der Waals surface area contributed by atoms with Crippen LogP contribution in [0.4, 0.5) is 4.39 Å². The van der Waals surface area contributed by atoms with Crippen LogP contribution in [0.25, 0.3) is 11.5 Å². The molecule has 0 aliphatic carbocycles. The lowest BCUT2D eigenvalue weighted by molar-refractivity contribution is 0.0280. The molecule has 3 aromatic rings. The Kier molecular flexibility index (Phi) is 4.57. The number of carbonyl (C=O) groups is 1. The smallest absolute Gasteiger partial charge is 0.338 e. The number of aromatic nitrogens is 2. The molecule has 0 aliphatic heterocycles. The highest BCUT2D eigenvalue weighted by Crippen LogP contribution is 2.23. The van der Waals surface area contributed by atoms with Gasteiger partial charge in [-0.3, -0.25) is 0 Å². The van der Waals surface area contributed by atoms with E-state index in [1.807, 2.05) is 0 Å². The lowest BCUT2D eigenvalue weighted by Gasteiger charge is -2.09. The van der Waals surface area contributed by atoms with Crippen molar-refractivity contribution < 1.29 is 18.3 Å². The van der Waals surface area contributed by atoms with E-state index in [1.165, 1.54) is 24.3 Å². The standard InChI is InChI=1S/C17H12ClFN2O3/c1-10(23-17(22)12-2-6-13(18)7-3-12)15-20-21-16(24-15)11-4-8-14(19)9-5-11/h2-10H,1H3/t10-/m0/s1. The summed E-state index contributed by atoms with van der Waals surface area (Å²) in [5, 5.41) is 8.28. The van der Waals surface area contributed by atoms with Crippen LogP contribution < -0.4 is 0 Å². The molecule has 5 nitrogen and oxygen atoms in total. The fourth-order valence-electron chi connectivity index (χ4n) is 1.97. The lowest BCUT2D eigenvalue weighted by Crippen LogP contribution is -2.09. The van der Waals surface area contributed by atoms with Crippen molar-refractivity contribution in [3.8, 4) is 11.5 Å². The van der Waals surface area contributed by atoms with Gasteiger partial charge in [0.2, 0.25) is 5.89 Å². The number of ether oxygens (including phenoxy) is 1. The van der Waals surface area contributed by atoms with Crippen molar-refractivity contribution in [3.63, 3.8) is 0 Å². The Balaban J connectivity index is 1.71. The largest absolute Gasteiger partial charge is 0.449 e. The summed E-state index contributed by atoms with van der Waals surface area (Å²) >= 11 is 5.78. The van der Waals surface area contributed by atoms with Crippen molar-refractivity contribution >= 4 is 17.6 Å². The first kappa shape index (κ1) is 16.1. The van der Waals surface area contributed by atoms with Crippen LogP contribution in [0.15, 0.2) is 52.9 Å². The molecule has 7 heteroatoms. The van der Waals surface area contributed by atoms with Gasteiger partial charge in [-0.25, -0.2) is 9.18 Å². The van der Waals surface area contributed by atoms with Crippen molar-refractivity contribution in [2.45, 2.75) is 13.0 Å². The Hall–Kier alpha value is -2.73. The molecule has 0 saturated heterocycles. The maximum Gasteiger partial charge on any atom is 0.338 e. The van der Waals surface area contributed by atoms with Gasteiger partial charge in [-0.1, -0.05) is 11.6 Å². The van der Waals surface area contributed by atoms with E-state index < -0.39 is 12.1 Å². The van der Waals surface area contributed by atoms with Crippen molar-refractivity contribution in [3.05, 3.63) is 70.8 Å². The molecule has 122 valence electrons. The minimum absolute atomic E-state index is 0.150. The average molecular weight is 347 g/mol. The minimum atomic E-state index is -0.727. The minimum Gasteiger partial charge on any atom is -0.449 e. The molecule has 0 N–H and O–H groups in total.